The van der Waals surface area contributed by atoms with Gasteiger partial charge in [-0.15, -0.1) is 11.3 Å². The minimum Gasteiger partial charge on any atom is -0.347 e. The third-order valence-corrected chi connectivity index (χ3v) is 5.43. The molecule has 1 aliphatic heterocycles. The second-order valence-electron chi connectivity index (χ2n) is 5.89. The number of nitrogens with zero attached hydrogens (tertiary/aromatic N) is 3. The molecule has 0 bridgehead atoms. The maximum absolute atomic E-state index is 12.3. The van der Waals surface area contributed by atoms with E-state index in [0.717, 1.165) is 49.0 Å². The summed E-state index contributed by atoms with van der Waals surface area (Å²) in [4.78, 5) is 21.2. The highest BCUT2D eigenvalue weighted by molar-refractivity contribution is 7.13. The lowest BCUT2D eigenvalue weighted by Crippen LogP contribution is -2.36. The second kappa shape index (κ2) is 7.96. The maximum atomic E-state index is 12.3. The van der Waals surface area contributed by atoms with E-state index < -0.39 is 0 Å². The van der Waals surface area contributed by atoms with Crippen LogP contribution in [0.25, 0.3) is 0 Å². The molecule has 1 amide bonds. The van der Waals surface area contributed by atoms with Crippen LogP contribution in [-0.4, -0.2) is 48.5 Å². The number of halogens is 1. The quantitative estimate of drug-likeness (QED) is 0.904. The molecule has 1 aliphatic rings. The van der Waals surface area contributed by atoms with Crippen LogP contribution in [0.4, 0.5) is 10.8 Å². The molecule has 0 spiro atoms. The van der Waals surface area contributed by atoms with E-state index in [4.69, 9.17) is 11.6 Å². The molecule has 1 N–H and O–H groups in total. The van der Waals surface area contributed by atoms with Gasteiger partial charge in [0, 0.05) is 48.5 Å². The molecule has 128 valence electrons. The molecule has 3 rings (SSSR count). The van der Waals surface area contributed by atoms with E-state index in [9.17, 15) is 4.79 Å². The minimum absolute atomic E-state index is 0.00284. The van der Waals surface area contributed by atoms with Gasteiger partial charge in [0.1, 0.15) is 0 Å². The monoisotopic (exact) mass is 364 g/mol. The Labute approximate surface area is 151 Å². The zero-order valence-electron chi connectivity index (χ0n) is 13.7. The first-order valence-electron chi connectivity index (χ1n) is 8.05. The van der Waals surface area contributed by atoms with Gasteiger partial charge >= 0.3 is 0 Å². The normalized spacial score (nSPS) is 16.0. The van der Waals surface area contributed by atoms with Crippen molar-refractivity contribution in [1.82, 2.24) is 9.88 Å². The summed E-state index contributed by atoms with van der Waals surface area (Å²) < 4.78 is 0. The average molecular weight is 365 g/mol. The number of benzene rings is 1. The third-order valence-electron chi connectivity index (χ3n) is 4.19. The molecule has 0 saturated carbocycles. The predicted octanol–water partition coefficient (Wildman–Crippen LogP) is 3.26. The van der Waals surface area contributed by atoms with Crippen molar-refractivity contribution in [2.24, 2.45) is 0 Å². The Bertz CT molecular complexity index is 692. The summed E-state index contributed by atoms with van der Waals surface area (Å²) in [7, 11) is 0. The van der Waals surface area contributed by atoms with E-state index in [0.29, 0.717) is 11.6 Å². The molecule has 1 aromatic heterocycles. The molecular weight excluding hydrogens is 344 g/mol. The topological polar surface area (TPSA) is 48.5 Å². The molecule has 1 fully saturated rings. The molecule has 0 radical (unpaired) electrons. The Hall–Kier alpha value is -1.63. The van der Waals surface area contributed by atoms with Crippen LogP contribution in [0, 0.1) is 6.92 Å². The molecular formula is C17H21ClN4OS. The number of nitrogens with one attached hydrogen (secondary N) is 1. The lowest BCUT2D eigenvalue weighted by Gasteiger charge is -2.21. The van der Waals surface area contributed by atoms with Crippen LogP contribution in [0.3, 0.4) is 0 Å². The SMILES string of the molecule is Cc1c(Cl)cccc1NC(=O)CN1CCCN(c2nccs2)CC1. The summed E-state index contributed by atoms with van der Waals surface area (Å²) in [6.45, 7) is 5.98. The van der Waals surface area contributed by atoms with E-state index in [1.165, 1.54) is 0 Å². The van der Waals surface area contributed by atoms with Crippen molar-refractivity contribution in [1.29, 1.82) is 0 Å². The van der Waals surface area contributed by atoms with Gasteiger partial charge in [0.15, 0.2) is 5.13 Å². The lowest BCUT2D eigenvalue weighted by molar-refractivity contribution is -0.117. The smallest absolute Gasteiger partial charge is 0.238 e. The second-order valence-corrected chi connectivity index (χ2v) is 7.17. The Morgan fingerprint density at radius 2 is 2.21 bits per heavy atom. The van der Waals surface area contributed by atoms with Gasteiger partial charge in [0.05, 0.1) is 6.54 Å². The number of carbonyl (C=O) groups is 1. The van der Waals surface area contributed by atoms with Crippen molar-refractivity contribution in [2.75, 3.05) is 42.9 Å². The first-order chi connectivity index (χ1) is 11.6. The van der Waals surface area contributed by atoms with E-state index in [1.54, 1.807) is 11.3 Å². The molecule has 2 heterocycles. The molecule has 24 heavy (non-hydrogen) atoms. The summed E-state index contributed by atoms with van der Waals surface area (Å²) >= 11 is 7.77. The van der Waals surface area contributed by atoms with E-state index in [2.05, 4.69) is 20.1 Å². The van der Waals surface area contributed by atoms with Gasteiger partial charge in [0.25, 0.3) is 0 Å². The van der Waals surface area contributed by atoms with Crippen LogP contribution in [-0.2, 0) is 4.79 Å². The molecule has 5 nitrogen and oxygen atoms in total. The number of hydrogen-bond acceptors (Lipinski definition) is 5. The van der Waals surface area contributed by atoms with Crippen LogP contribution in [0.5, 0.6) is 0 Å². The van der Waals surface area contributed by atoms with Gasteiger partial charge in [0.2, 0.25) is 5.91 Å². The number of thiazole rings is 1. The molecule has 0 atom stereocenters. The maximum Gasteiger partial charge on any atom is 0.238 e. The Balaban J connectivity index is 1.54. The average Bonchev–Trinajstić information content (AvgIpc) is 3.00. The highest BCUT2D eigenvalue weighted by Crippen LogP contribution is 2.23. The van der Waals surface area contributed by atoms with Crippen LogP contribution < -0.4 is 10.2 Å². The fraction of sp³-hybridized carbons (Fsp3) is 0.412. The van der Waals surface area contributed by atoms with Gasteiger partial charge < -0.3 is 10.2 Å². The van der Waals surface area contributed by atoms with Crippen molar-refractivity contribution in [3.05, 3.63) is 40.4 Å². The summed E-state index contributed by atoms with van der Waals surface area (Å²) in [5, 5.41) is 6.70. The standard InChI is InChI=1S/C17H21ClN4OS/c1-13-14(18)4-2-5-15(13)20-16(23)12-21-7-3-8-22(10-9-21)17-19-6-11-24-17/h2,4-6,11H,3,7-10,12H2,1H3,(H,20,23). The highest BCUT2D eigenvalue weighted by atomic mass is 35.5. The third kappa shape index (κ3) is 4.26. The van der Waals surface area contributed by atoms with Gasteiger partial charge in [-0.2, -0.15) is 0 Å². The van der Waals surface area contributed by atoms with Crippen molar-refractivity contribution in [2.45, 2.75) is 13.3 Å². The van der Waals surface area contributed by atoms with Crippen molar-refractivity contribution in [3.8, 4) is 0 Å². The fourth-order valence-corrected chi connectivity index (χ4v) is 3.70. The number of aromatic nitrogens is 1. The summed E-state index contributed by atoms with van der Waals surface area (Å²) in [5.74, 6) is 0.00284. The minimum atomic E-state index is 0.00284. The summed E-state index contributed by atoms with van der Waals surface area (Å²) in [6, 6.07) is 5.56. The highest BCUT2D eigenvalue weighted by Gasteiger charge is 2.18. The van der Waals surface area contributed by atoms with Crippen LogP contribution in [0.1, 0.15) is 12.0 Å². The molecule has 0 aliphatic carbocycles. The number of hydrogen-bond donors (Lipinski definition) is 1. The first kappa shape index (κ1) is 17.2. The van der Waals surface area contributed by atoms with Crippen LogP contribution in [0.2, 0.25) is 5.02 Å². The number of rotatable bonds is 4. The van der Waals surface area contributed by atoms with E-state index in [1.807, 2.05) is 36.7 Å². The van der Waals surface area contributed by atoms with Gasteiger partial charge in [-0.1, -0.05) is 17.7 Å². The summed E-state index contributed by atoms with van der Waals surface area (Å²) in [5.41, 5.74) is 1.69. The number of anilines is 2. The van der Waals surface area contributed by atoms with Crippen molar-refractivity contribution < 1.29 is 4.79 Å². The zero-order chi connectivity index (χ0) is 16.9. The lowest BCUT2D eigenvalue weighted by atomic mass is 10.2. The van der Waals surface area contributed by atoms with Gasteiger partial charge in [-0.25, -0.2) is 4.98 Å². The van der Waals surface area contributed by atoms with Crippen LogP contribution >= 0.6 is 22.9 Å². The van der Waals surface area contributed by atoms with E-state index in [-0.39, 0.29) is 5.91 Å². The largest absolute Gasteiger partial charge is 0.347 e. The van der Waals surface area contributed by atoms with Crippen molar-refractivity contribution in [3.63, 3.8) is 0 Å². The Morgan fingerprint density at radius 3 is 3.00 bits per heavy atom. The Kier molecular flexibility index (Phi) is 5.71. The molecule has 1 saturated heterocycles. The summed E-state index contributed by atoms with van der Waals surface area (Å²) in [6.07, 6.45) is 2.87. The van der Waals surface area contributed by atoms with Crippen LogP contribution in [0.15, 0.2) is 29.8 Å². The van der Waals surface area contributed by atoms with E-state index >= 15 is 0 Å². The van der Waals surface area contributed by atoms with Gasteiger partial charge in [-0.05, 0) is 31.0 Å². The molecule has 2 aromatic rings. The Morgan fingerprint density at radius 1 is 1.33 bits per heavy atom. The van der Waals surface area contributed by atoms with Gasteiger partial charge in [-0.3, -0.25) is 9.69 Å². The molecule has 7 heteroatoms. The predicted molar refractivity (Wildman–Crippen MR) is 100 cm³/mol. The first-order valence-corrected chi connectivity index (χ1v) is 9.31. The zero-order valence-corrected chi connectivity index (χ0v) is 15.2. The molecule has 1 aromatic carbocycles. The van der Waals surface area contributed by atoms with Crippen molar-refractivity contribution >= 4 is 39.7 Å². The number of amides is 1. The fourth-order valence-electron chi connectivity index (χ4n) is 2.83. The number of carbonyl (C=O) groups excluding carboxylic acids is 1. The molecule has 0 unspecified atom stereocenters.